The molecule has 0 aromatic rings. The van der Waals surface area contributed by atoms with Crippen LogP contribution in [0.3, 0.4) is 0 Å². The second kappa shape index (κ2) is 9.45. The van der Waals surface area contributed by atoms with Crippen LogP contribution < -0.4 is 5.32 Å². The van der Waals surface area contributed by atoms with Crippen LogP contribution in [0.15, 0.2) is 11.8 Å². The minimum absolute atomic E-state index is 0.103. The van der Waals surface area contributed by atoms with Gasteiger partial charge >= 0.3 is 0 Å². The molecule has 0 spiro atoms. The lowest BCUT2D eigenvalue weighted by Crippen LogP contribution is -2.40. The Hall–Kier alpha value is 0.160. The summed E-state index contributed by atoms with van der Waals surface area (Å²) < 4.78 is 27.9. The maximum Gasteiger partial charge on any atom is 0.276 e. The van der Waals surface area contributed by atoms with Crippen LogP contribution >= 0.6 is 42.2 Å². The van der Waals surface area contributed by atoms with Gasteiger partial charge in [0.2, 0.25) is 0 Å². The molecule has 0 aliphatic heterocycles. The average Bonchev–Trinajstić information content (AvgIpc) is 2.45. The fraction of sp³-hybridized carbons (Fsp3) is 0.750. The molecule has 0 rings (SSSR count). The van der Waals surface area contributed by atoms with E-state index in [9.17, 15) is 13.8 Å². The molecule has 1 amide bonds. The average molecular weight is 397 g/mol. The van der Waals surface area contributed by atoms with Gasteiger partial charge in [0, 0.05) is 26.2 Å². The number of halogens is 4. The van der Waals surface area contributed by atoms with E-state index in [2.05, 4.69) is 5.32 Å². The van der Waals surface area contributed by atoms with Gasteiger partial charge in [-0.2, -0.15) is 0 Å². The normalized spacial score (nSPS) is 13.8. The lowest BCUT2D eigenvalue weighted by molar-refractivity contribution is -0.119. The maximum atomic E-state index is 13.5. The topological polar surface area (TPSA) is 52.7 Å². The predicted octanol–water partition coefficient (Wildman–Crippen LogP) is 4.12. The summed E-state index contributed by atoms with van der Waals surface area (Å²) in [6.45, 7) is 8.82. The van der Waals surface area contributed by atoms with Gasteiger partial charge in [-0.15, -0.1) is 0 Å². The summed E-state index contributed by atoms with van der Waals surface area (Å²) in [7, 11) is -3.53. The van der Waals surface area contributed by atoms with Crippen molar-refractivity contribution in [3.05, 3.63) is 11.8 Å². The van der Waals surface area contributed by atoms with Crippen molar-refractivity contribution >= 4 is 48.2 Å². The van der Waals surface area contributed by atoms with Crippen LogP contribution in [0, 0.1) is 0 Å². The largest absolute Gasteiger partial charge is 0.315 e. The summed E-state index contributed by atoms with van der Waals surface area (Å²) in [4.78, 5) is 11.8. The van der Waals surface area contributed by atoms with Crippen LogP contribution in [0.5, 0.6) is 0 Å². The van der Waals surface area contributed by atoms with Crippen molar-refractivity contribution in [1.29, 1.82) is 0 Å². The molecule has 0 saturated heterocycles. The van der Waals surface area contributed by atoms with Gasteiger partial charge in [0.1, 0.15) is 11.8 Å². The summed E-state index contributed by atoms with van der Waals surface area (Å²) in [5.74, 6) is -1.05. The third kappa shape index (κ3) is 5.08. The van der Waals surface area contributed by atoms with Gasteiger partial charge in [-0.1, -0.05) is 62.5 Å². The summed E-state index contributed by atoms with van der Waals surface area (Å²) in [5, 5.41) is 2.15. The number of alkyl halides is 3. The van der Waals surface area contributed by atoms with Crippen LogP contribution in [-0.4, -0.2) is 45.2 Å². The zero-order chi connectivity index (χ0) is 17.6. The lowest BCUT2D eigenvalue weighted by atomic mass is 10.7. The predicted molar refractivity (Wildman–Crippen MR) is 91.1 cm³/mol. The van der Waals surface area contributed by atoms with Crippen molar-refractivity contribution in [1.82, 2.24) is 14.7 Å². The smallest absolute Gasteiger partial charge is 0.276 e. The molecule has 0 aromatic carbocycles. The molecule has 10 heteroatoms. The van der Waals surface area contributed by atoms with E-state index >= 15 is 0 Å². The van der Waals surface area contributed by atoms with Crippen LogP contribution in [0.1, 0.15) is 27.7 Å². The molecule has 22 heavy (non-hydrogen) atoms. The second-order valence-electron chi connectivity index (χ2n) is 4.27. The first kappa shape index (κ1) is 22.2. The van der Waals surface area contributed by atoms with E-state index in [1.54, 1.807) is 37.0 Å². The van der Waals surface area contributed by atoms with E-state index in [-0.39, 0.29) is 6.33 Å². The third-order valence-corrected chi connectivity index (χ3v) is 7.16. The molecule has 5 nitrogen and oxygen atoms in total. The van der Waals surface area contributed by atoms with Crippen molar-refractivity contribution in [2.24, 2.45) is 0 Å². The number of carbonyl (C=O) groups excluding carboxylic acids is 1. The van der Waals surface area contributed by atoms with Gasteiger partial charge in [-0.05, 0) is 0 Å². The first-order chi connectivity index (χ1) is 10.1. The van der Waals surface area contributed by atoms with Gasteiger partial charge < -0.3 is 5.32 Å². The quantitative estimate of drug-likeness (QED) is 0.495. The second-order valence-corrected chi connectivity index (χ2v) is 9.25. The number of nitrogens with one attached hydrogen (secondary N) is 1. The highest BCUT2D eigenvalue weighted by atomic mass is 35.6. The molecule has 0 unspecified atom stereocenters. The molecular formula is C12H22Cl3FN3O2P. The summed E-state index contributed by atoms with van der Waals surface area (Å²) in [6, 6.07) is 0. The van der Waals surface area contributed by atoms with Crippen LogP contribution in [0.2, 0.25) is 0 Å². The Morgan fingerprint density at radius 1 is 1.09 bits per heavy atom. The Balaban J connectivity index is 5.85. The number of rotatable bonds is 8. The number of carbonyl (C=O) groups is 1. The highest BCUT2D eigenvalue weighted by Crippen LogP contribution is 2.58. The Bertz CT molecular complexity index is 433. The number of amides is 1. The van der Waals surface area contributed by atoms with Gasteiger partial charge in [0.15, 0.2) is 0 Å². The number of hydrogen-bond acceptors (Lipinski definition) is 2. The number of nitrogens with zero attached hydrogens (tertiary/aromatic N) is 2. The summed E-state index contributed by atoms with van der Waals surface area (Å²) >= 11 is 16.4. The first-order valence-corrected chi connectivity index (χ1v) is 9.67. The van der Waals surface area contributed by atoms with Gasteiger partial charge in [-0.25, -0.2) is 13.7 Å². The van der Waals surface area contributed by atoms with E-state index in [4.69, 9.17) is 34.8 Å². The van der Waals surface area contributed by atoms with Crippen LogP contribution in [0.25, 0.3) is 0 Å². The van der Waals surface area contributed by atoms with Crippen LogP contribution in [-0.2, 0) is 9.36 Å². The molecule has 0 aliphatic carbocycles. The molecule has 1 N–H and O–H groups in total. The molecule has 0 aliphatic rings. The Morgan fingerprint density at radius 3 is 1.68 bits per heavy atom. The highest BCUT2D eigenvalue weighted by Gasteiger charge is 2.42. The lowest BCUT2D eigenvalue weighted by Gasteiger charge is -2.38. The minimum atomic E-state index is -3.53. The van der Waals surface area contributed by atoms with Gasteiger partial charge in [0.05, 0.1) is 0 Å². The van der Waals surface area contributed by atoms with E-state index < -0.39 is 22.6 Å². The molecule has 0 saturated carbocycles. The Labute approximate surface area is 146 Å². The summed E-state index contributed by atoms with van der Waals surface area (Å²) in [6.07, 6.45) is 0.103. The van der Waals surface area contributed by atoms with Crippen molar-refractivity contribution in [3.8, 4) is 0 Å². The van der Waals surface area contributed by atoms with Gasteiger partial charge in [0.25, 0.3) is 17.1 Å². The molecular weight excluding hydrogens is 374 g/mol. The van der Waals surface area contributed by atoms with Crippen molar-refractivity contribution in [3.63, 3.8) is 0 Å². The van der Waals surface area contributed by atoms with Crippen molar-refractivity contribution < 1.29 is 13.8 Å². The Kier molecular flexibility index (Phi) is 9.52. The maximum absolute atomic E-state index is 13.5. The molecule has 0 bridgehead atoms. The monoisotopic (exact) mass is 395 g/mol. The standard InChI is InChI=1S/C12H22Cl3FN3O2P/c1-5-18(6-2)22(21,19(7-3)8-4)10(9-16)17-11(20)12(13,14)15/h9H,5-8H2,1-4H3,(H,17,20)/b10-9+. The first-order valence-electron chi connectivity index (χ1n) is 6.93. The molecule has 0 aromatic heterocycles. The molecule has 0 radical (unpaired) electrons. The van der Waals surface area contributed by atoms with Crippen molar-refractivity contribution in [2.75, 3.05) is 26.2 Å². The molecule has 130 valence electrons. The van der Waals surface area contributed by atoms with E-state index in [1.807, 2.05) is 0 Å². The van der Waals surface area contributed by atoms with E-state index in [1.165, 1.54) is 0 Å². The van der Waals surface area contributed by atoms with Gasteiger partial charge in [-0.3, -0.25) is 9.36 Å². The summed E-state index contributed by atoms with van der Waals surface area (Å²) in [5.41, 5.74) is -0.392. The van der Waals surface area contributed by atoms with Crippen molar-refractivity contribution in [2.45, 2.75) is 31.5 Å². The minimum Gasteiger partial charge on any atom is -0.315 e. The zero-order valence-electron chi connectivity index (χ0n) is 13.1. The Morgan fingerprint density at radius 2 is 1.45 bits per heavy atom. The SMILES string of the molecule is CCN(CC)P(=O)(/C(=C/F)NC(=O)C(Cl)(Cl)Cl)N(CC)CC. The zero-order valence-corrected chi connectivity index (χ0v) is 16.2. The molecule has 0 atom stereocenters. The molecule has 0 fully saturated rings. The number of hydrogen-bond donors (Lipinski definition) is 1. The fourth-order valence-corrected chi connectivity index (χ4v) is 5.07. The highest BCUT2D eigenvalue weighted by molar-refractivity contribution is 7.63. The fourth-order valence-electron chi connectivity index (χ4n) is 2.05. The van der Waals surface area contributed by atoms with E-state index in [0.29, 0.717) is 26.2 Å². The molecule has 0 heterocycles. The van der Waals surface area contributed by atoms with Crippen LogP contribution in [0.4, 0.5) is 4.39 Å². The third-order valence-electron chi connectivity index (χ3n) is 3.14. The van der Waals surface area contributed by atoms with E-state index in [0.717, 1.165) is 0 Å².